The molecule has 0 aliphatic heterocycles. The number of carbonyl (C=O) groups is 2. The van der Waals surface area contributed by atoms with Gasteiger partial charge in [0.25, 0.3) is 0 Å². The average molecular weight is 277 g/mol. The summed E-state index contributed by atoms with van der Waals surface area (Å²) >= 11 is 1.09. The molecule has 1 aromatic carbocycles. The predicted molar refractivity (Wildman–Crippen MR) is 71.4 cm³/mol. The van der Waals surface area contributed by atoms with Gasteiger partial charge in [0.05, 0.1) is 12.2 Å². The molecule has 0 aliphatic rings. The van der Waals surface area contributed by atoms with Crippen molar-refractivity contribution in [3.63, 3.8) is 0 Å². The van der Waals surface area contributed by atoms with Crippen molar-refractivity contribution in [2.24, 2.45) is 5.73 Å². The first-order chi connectivity index (χ1) is 9.06. The van der Waals surface area contributed by atoms with Crippen molar-refractivity contribution < 1.29 is 14.7 Å². The molecule has 98 valence electrons. The van der Waals surface area contributed by atoms with E-state index in [1.807, 2.05) is 0 Å². The molecule has 2 aromatic rings. The molecule has 7 heteroatoms. The third kappa shape index (κ3) is 3.29. The lowest BCUT2D eigenvalue weighted by Gasteiger charge is -2.04. The van der Waals surface area contributed by atoms with E-state index in [0.29, 0.717) is 17.8 Å². The topological polar surface area (TPSA) is 105 Å². The number of aromatic nitrogens is 1. The first-order valence-electron chi connectivity index (χ1n) is 5.37. The number of hydrogen-bond acceptors (Lipinski definition) is 5. The van der Waals surface area contributed by atoms with Crippen LogP contribution in [0.2, 0.25) is 0 Å². The lowest BCUT2D eigenvalue weighted by Crippen LogP contribution is -2.10. The molecule has 0 saturated carbocycles. The Labute approximate surface area is 112 Å². The van der Waals surface area contributed by atoms with Crippen molar-refractivity contribution in [1.82, 2.24) is 4.98 Å². The summed E-state index contributed by atoms with van der Waals surface area (Å²) in [5.41, 5.74) is 7.03. The monoisotopic (exact) mass is 277 g/mol. The number of aromatic carboxylic acids is 1. The molecule has 0 aliphatic carbocycles. The maximum atomic E-state index is 10.9. The quantitative estimate of drug-likeness (QED) is 0.769. The SMILES string of the molecule is NC(=O)c1ccc(NCc2csc(C(=O)O)n2)cc1. The molecule has 0 atom stereocenters. The zero-order chi connectivity index (χ0) is 13.8. The first kappa shape index (κ1) is 13.0. The number of anilines is 1. The number of benzene rings is 1. The number of amides is 1. The van der Waals surface area contributed by atoms with Crippen LogP contribution in [0.15, 0.2) is 29.6 Å². The molecule has 0 unspecified atom stereocenters. The number of carbonyl (C=O) groups excluding carboxylic acids is 1. The smallest absolute Gasteiger partial charge is 0.365 e. The highest BCUT2D eigenvalue weighted by Crippen LogP contribution is 2.13. The lowest BCUT2D eigenvalue weighted by atomic mass is 10.2. The Kier molecular flexibility index (Phi) is 3.76. The molecule has 0 bridgehead atoms. The highest BCUT2D eigenvalue weighted by molar-refractivity contribution is 7.11. The van der Waals surface area contributed by atoms with Gasteiger partial charge < -0.3 is 16.2 Å². The van der Waals surface area contributed by atoms with Crippen LogP contribution < -0.4 is 11.1 Å². The Hall–Kier alpha value is -2.41. The molecule has 4 N–H and O–H groups in total. The summed E-state index contributed by atoms with van der Waals surface area (Å²) in [5, 5.41) is 13.6. The number of thiazole rings is 1. The minimum Gasteiger partial charge on any atom is -0.476 e. The second kappa shape index (κ2) is 5.49. The summed E-state index contributed by atoms with van der Waals surface area (Å²) in [7, 11) is 0. The van der Waals surface area contributed by atoms with Gasteiger partial charge in [0.1, 0.15) is 0 Å². The van der Waals surface area contributed by atoms with Gasteiger partial charge >= 0.3 is 5.97 Å². The van der Waals surface area contributed by atoms with E-state index in [1.54, 1.807) is 29.6 Å². The van der Waals surface area contributed by atoms with E-state index in [9.17, 15) is 9.59 Å². The molecule has 0 radical (unpaired) electrons. The van der Waals surface area contributed by atoms with E-state index >= 15 is 0 Å². The third-order valence-corrected chi connectivity index (χ3v) is 3.26. The van der Waals surface area contributed by atoms with Gasteiger partial charge in [0.15, 0.2) is 0 Å². The van der Waals surface area contributed by atoms with Crippen molar-refractivity contribution in [2.45, 2.75) is 6.54 Å². The van der Waals surface area contributed by atoms with E-state index in [1.165, 1.54) is 0 Å². The highest BCUT2D eigenvalue weighted by atomic mass is 32.1. The summed E-state index contributed by atoms with van der Waals surface area (Å²) in [5.74, 6) is -1.50. The van der Waals surface area contributed by atoms with Crippen LogP contribution in [0, 0.1) is 0 Å². The largest absolute Gasteiger partial charge is 0.476 e. The predicted octanol–water partition coefficient (Wildman–Crippen LogP) is 1.55. The fourth-order valence-corrected chi connectivity index (χ4v) is 2.09. The number of nitrogens with zero attached hydrogens (tertiary/aromatic N) is 1. The molecule has 0 fully saturated rings. The minimum absolute atomic E-state index is 0.0703. The molecule has 2 rings (SSSR count). The van der Waals surface area contributed by atoms with Crippen molar-refractivity contribution in [3.05, 3.63) is 45.9 Å². The molecule has 6 nitrogen and oxygen atoms in total. The van der Waals surface area contributed by atoms with E-state index in [2.05, 4.69) is 10.3 Å². The Morgan fingerprint density at radius 3 is 2.53 bits per heavy atom. The number of carboxylic acid groups (broad SMARTS) is 1. The van der Waals surface area contributed by atoms with Crippen LogP contribution in [-0.4, -0.2) is 22.0 Å². The molecule has 1 heterocycles. The molecule has 1 aromatic heterocycles. The summed E-state index contributed by atoms with van der Waals surface area (Å²) < 4.78 is 0. The molecule has 1 amide bonds. The normalized spacial score (nSPS) is 10.1. The standard InChI is InChI=1S/C12H11N3O3S/c13-10(16)7-1-3-8(4-2-7)14-5-9-6-19-11(15-9)12(17)18/h1-4,6,14H,5H2,(H2,13,16)(H,17,18). The fourth-order valence-electron chi connectivity index (χ4n) is 1.43. The number of rotatable bonds is 5. The maximum absolute atomic E-state index is 10.9. The number of carboxylic acids is 1. The van der Waals surface area contributed by atoms with Crippen LogP contribution in [0.1, 0.15) is 25.9 Å². The molecular formula is C12H11N3O3S. The van der Waals surface area contributed by atoms with Crippen LogP contribution in [0.4, 0.5) is 5.69 Å². The van der Waals surface area contributed by atoms with Gasteiger partial charge in [-0.2, -0.15) is 0 Å². The van der Waals surface area contributed by atoms with Crippen LogP contribution >= 0.6 is 11.3 Å². The summed E-state index contributed by atoms with van der Waals surface area (Å²) in [6, 6.07) is 6.69. The van der Waals surface area contributed by atoms with Crippen molar-refractivity contribution in [3.8, 4) is 0 Å². The Balaban J connectivity index is 1.97. The summed E-state index contributed by atoms with van der Waals surface area (Å²) in [6.45, 7) is 0.416. The second-order valence-electron chi connectivity index (χ2n) is 3.74. The van der Waals surface area contributed by atoms with Crippen LogP contribution in [0.25, 0.3) is 0 Å². The zero-order valence-electron chi connectivity index (χ0n) is 9.79. The van der Waals surface area contributed by atoms with Crippen molar-refractivity contribution in [2.75, 3.05) is 5.32 Å². The van der Waals surface area contributed by atoms with Crippen molar-refractivity contribution in [1.29, 1.82) is 0 Å². The lowest BCUT2D eigenvalue weighted by molar-refractivity contribution is 0.0696. The highest BCUT2D eigenvalue weighted by Gasteiger charge is 2.08. The third-order valence-electron chi connectivity index (χ3n) is 2.38. The number of nitrogens with one attached hydrogen (secondary N) is 1. The Bertz CT molecular complexity index is 607. The number of nitrogens with two attached hydrogens (primary N) is 1. The van der Waals surface area contributed by atoms with Gasteiger partial charge in [0, 0.05) is 16.6 Å². The molecule has 0 spiro atoms. The number of hydrogen-bond donors (Lipinski definition) is 3. The van der Waals surface area contributed by atoms with E-state index in [4.69, 9.17) is 10.8 Å². The van der Waals surface area contributed by atoms with Crippen molar-refractivity contribution >= 4 is 28.9 Å². The van der Waals surface area contributed by atoms with Gasteiger partial charge in [-0.1, -0.05) is 0 Å². The molecule has 19 heavy (non-hydrogen) atoms. The molecule has 0 saturated heterocycles. The van der Waals surface area contributed by atoms with Crippen LogP contribution in [0.3, 0.4) is 0 Å². The van der Waals surface area contributed by atoms with E-state index < -0.39 is 11.9 Å². The Morgan fingerprint density at radius 1 is 1.32 bits per heavy atom. The number of primary amides is 1. The summed E-state index contributed by atoms with van der Waals surface area (Å²) in [4.78, 5) is 25.5. The summed E-state index contributed by atoms with van der Waals surface area (Å²) in [6.07, 6.45) is 0. The Morgan fingerprint density at radius 2 is 2.00 bits per heavy atom. The van der Waals surface area contributed by atoms with E-state index in [0.717, 1.165) is 17.0 Å². The zero-order valence-corrected chi connectivity index (χ0v) is 10.6. The van der Waals surface area contributed by atoms with Crippen LogP contribution in [0.5, 0.6) is 0 Å². The van der Waals surface area contributed by atoms with Gasteiger partial charge in [-0.25, -0.2) is 9.78 Å². The van der Waals surface area contributed by atoms with E-state index in [-0.39, 0.29) is 5.01 Å². The van der Waals surface area contributed by atoms with Crippen LogP contribution in [-0.2, 0) is 6.54 Å². The van der Waals surface area contributed by atoms with Gasteiger partial charge in [0.2, 0.25) is 10.9 Å². The molecular weight excluding hydrogens is 266 g/mol. The second-order valence-corrected chi connectivity index (χ2v) is 4.60. The van der Waals surface area contributed by atoms with Gasteiger partial charge in [-0.3, -0.25) is 4.79 Å². The first-order valence-corrected chi connectivity index (χ1v) is 6.25. The minimum atomic E-state index is -1.03. The van der Waals surface area contributed by atoms with Gasteiger partial charge in [-0.05, 0) is 24.3 Å². The van der Waals surface area contributed by atoms with Gasteiger partial charge in [-0.15, -0.1) is 11.3 Å². The fraction of sp³-hybridized carbons (Fsp3) is 0.0833. The maximum Gasteiger partial charge on any atom is 0.365 e. The average Bonchev–Trinajstić information content (AvgIpc) is 2.86.